The average molecular weight is 621 g/mol. The van der Waals surface area contributed by atoms with Crippen LogP contribution in [0.4, 0.5) is 0 Å². The highest BCUT2D eigenvalue weighted by molar-refractivity contribution is 5.76. The van der Waals surface area contributed by atoms with E-state index in [-0.39, 0.29) is 0 Å². The molecule has 0 radical (unpaired) electrons. The van der Waals surface area contributed by atoms with E-state index in [0.29, 0.717) is 0 Å². The molecule has 0 aromatic rings. The van der Waals surface area contributed by atoms with Crippen LogP contribution in [-0.2, 0) is 33.3 Å². The van der Waals surface area contributed by atoms with Gasteiger partial charge < -0.3 is 90.1 Å². The number of carboxylic acids is 2. The second-order valence-electron chi connectivity index (χ2n) is 10.2. The summed E-state index contributed by atoms with van der Waals surface area (Å²) in [5.74, 6) is -10.3. The van der Waals surface area contributed by atoms with Crippen molar-refractivity contribution in [2.24, 2.45) is 0 Å². The molecule has 3 rings (SSSR count). The summed E-state index contributed by atoms with van der Waals surface area (Å²) in [6.07, 6.45) is -27.5. The highest BCUT2D eigenvalue weighted by Crippen LogP contribution is 2.40. The van der Waals surface area contributed by atoms with Crippen molar-refractivity contribution in [3.8, 4) is 0 Å². The first-order chi connectivity index (χ1) is 19.5. The third-order valence-electron chi connectivity index (χ3n) is 7.31. The maximum Gasteiger partial charge on any atom is 0.364 e. The Labute approximate surface area is 236 Å². The topological polar surface area (TPSA) is 343 Å². The molecule has 0 aliphatic carbocycles. The van der Waals surface area contributed by atoms with Gasteiger partial charge in [-0.1, -0.05) is 0 Å². The molecule has 42 heavy (non-hydrogen) atoms. The molecule has 0 unspecified atom stereocenters. The number of aliphatic carboxylic acids is 2. The van der Waals surface area contributed by atoms with Gasteiger partial charge in [0, 0.05) is 12.8 Å². The molecule has 3 aliphatic heterocycles. The smallest absolute Gasteiger partial charge is 0.364 e. The van der Waals surface area contributed by atoms with Crippen LogP contribution in [0.25, 0.3) is 0 Å². The quantitative estimate of drug-likeness (QED) is 0.102. The minimum Gasteiger partial charge on any atom is -0.477 e. The van der Waals surface area contributed by atoms with E-state index >= 15 is 0 Å². The van der Waals surface area contributed by atoms with Crippen LogP contribution in [0.3, 0.4) is 0 Å². The minimum absolute atomic E-state index is 0.852. The summed E-state index contributed by atoms with van der Waals surface area (Å²) in [6.45, 7) is -3.08. The second kappa shape index (κ2) is 13.5. The van der Waals surface area contributed by atoms with Gasteiger partial charge in [-0.05, 0) is 0 Å². The summed E-state index contributed by atoms with van der Waals surface area (Å²) in [5.41, 5.74) is 0. The summed E-state index contributed by atoms with van der Waals surface area (Å²) in [5, 5.41) is 131. The Morgan fingerprint density at radius 3 is 1.93 bits per heavy atom. The van der Waals surface area contributed by atoms with E-state index in [1.54, 1.807) is 0 Å². The Balaban J connectivity index is 1.93. The third kappa shape index (κ3) is 6.68. The first kappa shape index (κ1) is 34.8. The largest absolute Gasteiger partial charge is 0.477 e. The minimum atomic E-state index is -3.17. The van der Waals surface area contributed by atoms with E-state index in [4.69, 9.17) is 23.7 Å². The molecule has 0 amide bonds. The summed E-state index contributed by atoms with van der Waals surface area (Å²) in [4.78, 5) is 24.1. The number of ether oxygens (including phenoxy) is 5. The van der Waals surface area contributed by atoms with E-state index in [1.165, 1.54) is 0 Å². The SMILES string of the molecule is O=C(O)[C@@]1(O[C@@H]2C[C@](O)(C(=O)O)O[C@H]([C@H](O)CO)[C@@H]2O)C[C@@H](O)[C@@H](O[C@H]2O[C@H](CO)[C@@H](O)[C@H](O)[C@@H]2O)[C@@H]([C@H](O)CO)O1. The Kier molecular flexibility index (Phi) is 11.2. The van der Waals surface area contributed by atoms with Crippen LogP contribution in [0.15, 0.2) is 0 Å². The molecular formula is C22H36O20. The number of carbonyl (C=O) groups is 2. The number of rotatable bonds is 11. The molecule has 0 bridgehead atoms. The van der Waals surface area contributed by atoms with E-state index in [2.05, 4.69) is 0 Å². The molecule has 0 saturated carbocycles. The van der Waals surface area contributed by atoms with Gasteiger partial charge in [-0.25, -0.2) is 9.59 Å². The maximum absolute atomic E-state index is 12.5. The van der Waals surface area contributed by atoms with Gasteiger partial charge in [0.1, 0.15) is 61.0 Å². The Morgan fingerprint density at radius 1 is 0.810 bits per heavy atom. The molecule has 3 fully saturated rings. The van der Waals surface area contributed by atoms with Gasteiger partial charge in [0.2, 0.25) is 0 Å². The molecule has 0 aromatic heterocycles. The molecule has 20 nitrogen and oxygen atoms in total. The molecular weight excluding hydrogens is 584 g/mol. The van der Waals surface area contributed by atoms with Gasteiger partial charge in [-0.3, -0.25) is 0 Å². The molecule has 0 spiro atoms. The average Bonchev–Trinajstić information content (AvgIpc) is 2.94. The lowest BCUT2D eigenvalue weighted by molar-refractivity contribution is -0.386. The molecule has 13 N–H and O–H groups in total. The summed E-state index contributed by atoms with van der Waals surface area (Å²) >= 11 is 0. The van der Waals surface area contributed by atoms with E-state index in [1.807, 2.05) is 0 Å². The van der Waals surface area contributed by atoms with E-state index < -0.39 is 136 Å². The van der Waals surface area contributed by atoms with Crippen LogP contribution in [0, 0.1) is 0 Å². The van der Waals surface area contributed by atoms with Crippen LogP contribution in [-0.4, -0.2) is 189 Å². The lowest BCUT2D eigenvalue weighted by Crippen LogP contribution is -2.68. The van der Waals surface area contributed by atoms with Gasteiger partial charge in [0.05, 0.1) is 32.0 Å². The molecule has 20 heteroatoms. The first-order valence-corrected chi connectivity index (χ1v) is 12.7. The van der Waals surface area contributed by atoms with Crippen molar-refractivity contribution in [3.05, 3.63) is 0 Å². The Morgan fingerprint density at radius 2 is 1.40 bits per heavy atom. The van der Waals surface area contributed by atoms with Crippen molar-refractivity contribution in [2.45, 2.75) is 104 Å². The van der Waals surface area contributed by atoms with Crippen molar-refractivity contribution in [3.63, 3.8) is 0 Å². The highest BCUT2D eigenvalue weighted by atomic mass is 16.8. The zero-order valence-corrected chi connectivity index (χ0v) is 21.7. The van der Waals surface area contributed by atoms with Crippen molar-refractivity contribution in [2.75, 3.05) is 19.8 Å². The third-order valence-corrected chi connectivity index (χ3v) is 7.31. The lowest BCUT2D eigenvalue weighted by atomic mass is 9.89. The van der Waals surface area contributed by atoms with Crippen LogP contribution in [0.1, 0.15) is 12.8 Å². The summed E-state index contributed by atoms with van der Waals surface area (Å²) in [6, 6.07) is 0. The molecule has 3 aliphatic rings. The predicted octanol–water partition coefficient (Wildman–Crippen LogP) is -7.88. The van der Waals surface area contributed by atoms with Crippen molar-refractivity contribution < 1.29 is 99.7 Å². The Bertz CT molecular complexity index is 936. The number of aliphatic hydroxyl groups excluding tert-OH is 10. The van der Waals surface area contributed by atoms with Gasteiger partial charge in [-0.15, -0.1) is 0 Å². The normalized spacial score (nSPS) is 46.1. The van der Waals surface area contributed by atoms with Gasteiger partial charge in [-0.2, -0.15) is 0 Å². The van der Waals surface area contributed by atoms with E-state index in [0.717, 1.165) is 0 Å². The molecule has 244 valence electrons. The fourth-order valence-electron chi connectivity index (χ4n) is 4.97. The number of hydrogen-bond donors (Lipinski definition) is 13. The van der Waals surface area contributed by atoms with Gasteiger partial charge in [0.25, 0.3) is 11.6 Å². The fourth-order valence-corrected chi connectivity index (χ4v) is 4.97. The van der Waals surface area contributed by atoms with Crippen LogP contribution in [0.5, 0.6) is 0 Å². The fraction of sp³-hybridized carbons (Fsp3) is 0.909. The van der Waals surface area contributed by atoms with Gasteiger partial charge in [0.15, 0.2) is 6.29 Å². The van der Waals surface area contributed by atoms with E-state index in [9.17, 15) is 76.0 Å². The van der Waals surface area contributed by atoms with Crippen molar-refractivity contribution in [1.82, 2.24) is 0 Å². The zero-order valence-electron chi connectivity index (χ0n) is 21.7. The lowest BCUT2D eigenvalue weighted by Gasteiger charge is -2.50. The maximum atomic E-state index is 12.5. The zero-order chi connectivity index (χ0) is 31.7. The Hall–Kier alpha value is -1.70. The monoisotopic (exact) mass is 620 g/mol. The molecule has 15 atom stereocenters. The van der Waals surface area contributed by atoms with Crippen LogP contribution in [0.2, 0.25) is 0 Å². The first-order valence-electron chi connectivity index (χ1n) is 12.7. The summed E-state index contributed by atoms with van der Waals surface area (Å²) in [7, 11) is 0. The van der Waals surface area contributed by atoms with Crippen molar-refractivity contribution in [1.29, 1.82) is 0 Å². The number of carboxylic acid groups (broad SMARTS) is 2. The van der Waals surface area contributed by atoms with Crippen LogP contribution >= 0.6 is 0 Å². The van der Waals surface area contributed by atoms with Crippen molar-refractivity contribution >= 4 is 11.9 Å². The standard InChI is InChI=1S/C22H36O20/c23-3-7(27)15-12(30)9(2-21(37,41-15)19(33)34)40-22(20(35)36)1-6(26)16(17(42-22)8(28)4-24)39-18-14(32)13(31)11(29)10(5-25)38-18/h6-18,23-32,37H,1-5H2,(H,33,34)(H,35,36)/t6-,7-,8-,9-,10-,11-,12-,13+,14+,15-,16-,17-,18-,21-,22-/m1/s1. The summed E-state index contributed by atoms with van der Waals surface area (Å²) < 4.78 is 26.4. The number of hydrogen-bond acceptors (Lipinski definition) is 18. The molecule has 3 saturated heterocycles. The predicted molar refractivity (Wildman–Crippen MR) is 124 cm³/mol. The van der Waals surface area contributed by atoms with Crippen LogP contribution < -0.4 is 0 Å². The van der Waals surface area contributed by atoms with Gasteiger partial charge >= 0.3 is 11.9 Å². The second-order valence-corrected chi connectivity index (χ2v) is 10.2. The molecule has 0 aromatic carbocycles. The molecule has 3 heterocycles. The number of aliphatic hydroxyl groups is 11. The highest BCUT2D eigenvalue weighted by Gasteiger charge is 2.61.